The third kappa shape index (κ3) is 4.21. The smallest absolute Gasteiger partial charge is 0.0486 e. The van der Waals surface area contributed by atoms with Crippen molar-refractivity contribution in [1.29, 1.82) is 0 Å². The van der Waals surface area contributed by atoms with Crippen molar-refractivity contribution in [2.24, 2.45) is 11.8 Å². The van der Waals surface area contributed by atoms with Gasteiger partial charge in [0, 0.05) is 48.8 Å². The first-order valence-corrected chi connectivity index (χ1v) is 12.7. The van der Waals surface area contributed by atoms with Crippen LogP contribution in [0.4, 0.5) is 0 Å². The van der Waals surface area contributed by atoms with Crippen molar-refractivity contribution in [3.63, 3.8) is 0 Å². The van der Waals surface area contributed by atoms with Crippen molar-refractivity contribution >= 4 is 10.9 Å². The number of fused-ring (bicyclic) bond motifs is 1. The molecule has 0 N–H and O–H groups in total. The van der Waals surface area contributed by atoms with E-state index in [2.05, 4.69) is 58.7 Å². The second-order valence-corrected chi connectivity index (χ2v) is 10.6. The minimum Gasteiger partial charge on any atom is -0.344 e. The molecule has 3 heterocycles. The van der Waals surface area contributed by atoms with Crippen molar-refractivity contribution < 1.29 is 0 Å². The first-order valence-electron chi connectivity index (χ1n) is 12.7. The Kier molecular flexibility index (Phi) is 6.20. The van der Waals surface area contributed by atoms with Crippen LogP contribution in [0.15, 0.2) is 30.5 Å². The molecule has 0 atom stereocenters. The fourth-order valence-electron chi connectivity index (χ4n) is 6.55. The standard InChI is InChI=1S/C27H41N3/c1-21(2)22-9-11-24(12-10-22)29-17-13-25(14-18-29)30-20-23(19-28-15-5-6-16-28)26-7-3-4-8-27(26)30/h3-4,7-8,20-22,24-25H,5-6,9-19H2,1-2H3. The van der Waals surface area contributed by atoms with E-state index in [4.69, 9.17) is 0 Å². The number of hydrogen-bond acceptors (Lipinski definition) is 2. The summed E-state index contributed by atoms with van der Waals surface area (Å²) in [5.74, 6) is 1.84. The third-order valence-corrected chi connectivity index (χ3v) is 8.51. The van der Waals surface area contributed by atoms with Crippen LogP contribution < -0.4 is 0 Å². The lowest BCUT2D eigenvalue weighted by atomic mass is 9.79. The van der Waals surface area contributed by atoms with E-state index in [-0.39, 0.29) is 0 Å². The molecule has 2 aliphatic heterocycles. The van der Waals surface area contributed by atoms with E-state index in [0.29, 0.717) is 6.04 Å². The van der Waals surface area contributed by atoms with Crippen LogP contribution in [0.25, 0.3) is 10.9 Å². The molecule has 2 saturated heterocycles. The van der Waals surface area contributed by atoms with E-state index in [9.17, 15) is 0 Å². The topological polar surface area (TPSA) is 11.4 Å². The lowest BCUT2D eigenvalue weighted by molar-refractivity contribution is 0.0893. The lowest BCUT2D eigenvalue weighted by Gasteiger charge is -2.42. The highest BCUT2D eigenvalue weighted by Gasteiger charge is 2.30. The molecule has 3 nitrogen and oxygen atoms in total. The minimum absolute atomic E-state index is 0.672. The molecule has 0 unspecified atom stereocenters. The molecule has 1 aromatic carbocycles. The molecule has 0 bridgehead atoms. The molecule has 0 spiro atoms. The number of nitrogens with zero attached hydrogens (tertiary/aromatic N) is 3. The number of likely N-dealkylation sites (tertiary alicyclic amines) is 2. The Bertz CT molecular complexity index is 816. The van der Waals surface area contributed by atoms with E-state index in [0.717, 1.165) is 24.4 Å². The average molecular weight is 408 g/mol. The van der Waals surface area contributed by atoms with Gasteiger partial charge in [-0.2, -0.15) is 0 Å². The van der Waals surface area contributed by atoms with Crippen LogP contribution in [-0.2, 0) is 6.54 Å². The summed E-state index contributed by atoms with van der Waals surface area (Å²) >= 11 is 0. The molecule has 1 aliphatic carbocycles. The van der Waals surface area contributed by atoms with E-state index in [1.54, 1.807) is 5.56 Å². The summed E-state index contributed by atoms with van der Waals surface area (Å²) in [5, 5.41) is 1.49. The Morgan fingerprint density at radius 2 is 1.53 bits per heavy atom. The summed E-state index contributed by atoms with van der Waals surface area (Å²) in [6.45, 7) is 11.1. The second-order valence-electron chi connectivity index (χ2n) is 10.6. The Balaban J connectivity index is 1.25. The highest BCUT2D eigenvalue weighted by atomic mass is 15.2. The molecule has 5 rings (SSSR count). The minimum atomic E-state index is 0.672. The maximum absolute atomic E-state index is 2.84. The normalized spacial score (nSPS) is 27.4. The highest BCUT2D eigenvalue weighted by molar-refractivity contribution is 5.84. The zero-order chi connectivity index (χ0) is 20.5. The quantitative estimate of drug-likeness (QED) is 0.594. The predicted molar refractivity (Wildman–Crippen MR) is 127 cm³/mol. The summed E-state index contributed by atoms with van der Waals surface area (Å²) in [5.41, 5.74) is 3.00. The molecule has 2 aromatic rings. The maximum atomic E-state index is 2.84. The zero-order valence-electron chi connectivity index (χ0n) is 19.2. The van der Waals surface area contributed by atoms with Gasteiger partial charge < -0.3 is 9.47 Å². The number of benzene rings is 1. The van der Waals surface area contributed by atoms with Crippen molar-refractivity contribution in [2.45, 2.75) is 83.8 Å². The molecule has 3 heteroatoms. The van der Waals surface area contributed by atoms with Gasteiger partial charge in [0.1, 0.15) is 0 Å². The first-order chi connectivity index (χ1) is 14.7. The molecule has 1 aromatic heterocycles. The van der Waals surface area contributed by atoms with Crippen LogP contribution in [0, 0.1) is 11.8 Å². The van der Waals surface area contributed by atoms with Gasteiger partial charge in [-0.05, 0) is 87.9 Å². The van der Waals surface area contributed by atoms with Crippen LogP contribution >= 0.6 is 0 Å². The van der Waals surface area contributed by atoms with Crippen molar-refractivity contribution in [2.75, 3.05) is 26.2 Å². The SMILES string of the molecule is CC(C)C1CCC(N2CCC(n3cc(CN4CCCC4)c4ccccc43)CC2)CC1. The molecular weight excluding hydrogens is 366 g/mol. The summed E-state index contributed by atoms with van der Waals surface area (Å²) < 4.78 is 2.65. The van der Waals surface area contributed by atoms with Crippen LogP contribution in [0.1, 0.15) is 76.8 Å². The van der Waals surface area contributed by atoms with Gasteiger partial charge >= 0.3 is 0 Å². The Morgan fingerprint density at radius 1 is 0.833 bits per heavy atom. The van der Waals surface area contributed by atoms with E-state index in [1.165, 1.54) is 88.4 Å². The summed E-state index contributed by atoms with van der Waals surface area (Å²) in [7, 11) is 0. The van der Waals surface area contributed by atoms with Crippen molar-refractivity contribution in [1.82, 2.24) is 14.4 Å². The Morgan fingerprint density at radius 3 is 2.23 bits per heavy atom. The van der Waals surface area contributed by atoms with Gasteiger partial charge in [0.25, 0.3) is 0 Å². The van der Waals surface area contributed by atoms with Gasteiger partial charge in [0.15, 0.2) is 0 Å². The number of para-hydroxylation sites is 1. The maximum Gasteiger partial charge on any atom is 0.0486 e. The fraction of sp³-hybridized carbons (Fsp3) is 0.704. The summed E-state index contributed by atoms with van der Waals surface area (Å²) in [4.78, 5) is 5.48. The molecule has 3 fully saturated rings. The molecule has 164 valence electrons. The number of piperidine rings is 1. The summed E-state index contributed by atoms with van der Waals surface area (Å²) in [6.07, 6.45) is 13.6. The van der Waals surface area contributed by atoms with Gasteiger partial charge in [-0.25, -0.2) is 0 Å². The van der Waals surface area contributed by atoms with E-state index in [1.807, 2.05) is 0 Å². The number of aromatic nitrogens is 1. The van der Waals surface area contributed by atoms with Gasteiger partial charge in [-0.1, -0.05) is 32.0 Å². The zero-order valence-corrected chi connectivity index (χ0v) is 19.2. The van der Waals surface area contributed by atoms with Crippen molar-refractivity contribution in [3.05, 3.63) is 36.0 Å². The molecule has 0 amide bonds. The Hall–Kier alpha value is -1.32. The molecule has 0 radical (unpaired) electrons. The van der Waals surface area contributed by atoms with Crippen LogP contribution in [0.3, 0.4) is 0 Å². The van der Waals surface area contributed by atoms with Gasteiger partial charge in [-0.3, -0.25) is 4.90 Å². The van der Waals surface area contributed by atoms with Crippen LogP contribution in [0.5, 0.6) is 0 Å². The van der Waals surface area contributed by atoms with Gasteiger partial charge in [0.2, 0.25) is 0 Å². The van der Waals surface area contributed by atoms with Crippen molar-refractivity contribution in [3.8, 4) is 0 Å². The highest BCUT2D eigenvalue weighted by Crippen LogP contribution is 2.36. The largest absolute Gasteiger partial charge is 0.344 e. The Labute approximate surface area is 183 Å². The van der Waals surface area contributed by atoms with Gasteiger partial charge in [0.05, 0.1) is 0 Å². The van der Waals surface area contributed by atoms with Gasteiger partial charge in [-0.15, -0.1) is 0 Å². The average Bonchev–Trinajstić information content (AvgIpc) is 3.43. The lowest BCUT2D eigenvalue weighted by Crippen LogP contribution is -2.43. The van der Waals surface area contributed by atoms with E-state index >= 15 is 0 Å². The first kappa shape index (κ1) is 20.6. The second kappa shape index (κ2) is 9.04. The molecule has 3 aliphatic rings. The predicted octanol–water partition coefficient (Wildman–Crippen LogP) is 6.09. The number of hydrogen-bond donors (Lipinski definition) is 0. The third-order valence-electron chi connectivity index (χ3n) is 8.51. The monoisotopic (exact) mass is 407 g/mol. The van der Waals surface area contributed by atoms with Crippen LogP contribution in [0.2, 0.25) is 0 Å². The number of rotatable bonds is 5. The molecule has 1 saturated carbocycles. The fourth-order valence-corrected chi connectivity index (χ4v) is 6.55. The van der Waals surface area contributed by atoms with E-state index < -0.39 is 0 Å². The molecular formula is C27H41N3. The molecule has 30 heavy (non-hydrogen) atoms. The van der Waals surface area contributed by atoms with Crippen LogP contribution in [-0.4, -0.2) is 46.6 Å². The summed E-state index contributed by atoms with van der Waals surface area (Å²) in [6, 6.07) is 10.7.